The van der Waals surface area contributed by atoms with Crippen molar-refractivity contribution in [1.29, 1.82) is 0 Å². The van der Waals surface area contributed by atoms with Crippen LogP contribution in [0.25, 0.3) is 0 Å². The number of hydrazone groups is 1. The van der Waals surface area contributed by atoms with E-state index in [2.05, 4.69) is 42.4 Å². The quantitative estimate of drug-likeness (QED) is 0.467. The van der Waals surface area contributed by atoms with Crippen molar-refractivity contribution in [1.82, 2.24) is 0 Å². The van der Waals surface area contributed by atoms with Gasteiger partial charge in [0.1, 0.15) is 5.75 Å². The number of nitrogens with one attached hydrogen (secondary N) is 1. The number of carbonyl (C=O) groups is 1. The van der Waals surface area contributed by atoms with Crippen LogP contribution < -0.4 is 10.2 Å². The summed E-state index contributed by atoms with van der Waals surface area (Å²) in [6, 6.07) is 10.2. The van der Waals surface area contributed by atoms with Gasteiger partial charge in [0, 0.05) is 0 Å². The monoisotopic (exact) mass is 454 g/mol. The molecule has 0 aliphatic heterocycles. The summed E-state index contributed by atoms with van der Waals surface area (Å²) in [5.74, 6) is -0.236. The molecule has 0 aromatic heterocycles. The van der Waals surface area contributed by atoms with Crippen molar-refractivity contribution in [2.24, 2.45) is 5.10 Å². The highest BCUT2D eigenvalue weighted by atomic mass is 79.9. The maximum absolute atomic E-state index is 10.9. The summed E-state index contributed by atoms with van der Waals surface area (Å²) >= 11 is 6.97. The second kappa shape index (κ2) is 8.30. The first-order valence-corrected chi connectivity index (χ1v) is 8.73. The average Bonchev–Trinajstić information content (AvgIpc) is 2.51. The van der Waals surface area contributed by atoms with Gasteiger partial charge in [-0.15, -0.1) is 0 Å². The number of carboxylic acid groups (broad SMARTS) is 1. The molecule has 24 heavy (non-hydrogen) atoms. The normalized spacial score (nSPS) is 11.0. The molecule has 0 heterocycles. The minimum absolute atomic E-state index is 0.0697. The maximum atomic E-state index is 10.9. The Kier molecular flexibility index (Phi) is 6.39. The van der Waals surface area contributed by atoms with Crippen LogP contribution in [0.1, 0.15) is 29.8 Å². The Labute approximate surface area is 157 Å². The lowest BCUT2D eigenvalue weighted by molar-refractivity contribution is 0.0697. The molecule has 126 valence electrons. The molecule has 0 aliphatic rings. The molecule has 0 unspecified atom stereocenters. The molecular formula is C17H16Br2N2O3. The molecule has 7 heteroatoms. The van der Waals surface area contributed by atoms with Crippen molar-refractivity contribution in [3.63, 3.8) is 0 Å². The Morgan fingerprint density at radius 1 is 1.25 bits per heavy atom. The molecule has 0 saturated heterocycles. The number of halogens is 2. The number of anilines is 1. The van der Waals surface area contributed by atoms with Crippen LogP contribution in [0, 0.1) is 0 Å². The fraction of sp³-hybridized carbons (Fsp3) is 0.176. The van der Waals surface area contributed by atoms with Crippen LogP contribution in [-0.2, 0) is 0 Å². The van der Waals surface area contributed by atoms with Crippen LogP contribution in [0.2, 0.25) is 0 Å². The second-order valence-corrected chi connectivity index (χ2v) is 6.94. The zero-order chi connectivity index (χ0) is 17.7. The number of nitrogens with zero attached hydrogens (tertiary/aromatic N) is 1. The van der Waals surface area contributed by atoms with E-state index in [-0.39, 0.29) is 11.7 Å². The zero-order valence-corrected chi connectivity index (χ0v) is 16.3. The predicted octanol–water partition coefficient (Wildman–Crippen LogP) is 5.14. The van der Waals surface area contributed by atoms with Gasteiger partial charge in [-0.25, -0.2) is 4.79 Å². The molecular weight excluding hydrogens is 440 g/mol. The Morgan fingerprint density at radius 3 is 2.50 bits per heavy atom. The van der Waals surface area contributed by atoms with Crippen molar-refractivity contribution in [2.45, 2.75) is 20.0 Å². The van der Waals surface area contributed by atoms with Crippen LogP contribution in [0.5, 0.6) is 5.75 Å². The Bertz CT molecular complexity index is 753. The number of aromatic carboxylic acids is 1. The maximum Gasteiger partial charge on any atom is 0.335 e. The number of rotatable bonds is 6. The highest BCUT2D eigenvalue weighted by Gasteiger charge is 2.10. The van der Waals surface area contributed by atoms with E-state index in [1.165, 1.54) is 12.1 Å². The van der Waals surface area contributed by atoms with Crippen molar-refractivity contribution in [3.8, 4) is 5.75 Å². The number of hydrogen-bond acceptors (Lipinski definition) is 4. The summed E-state index contributed by atoms with van der Waals surface area (Å²) < 4.78 is 7.37. The highest BCUT2D eigenvalue weighted by Crippen LogP contribution is 2.35. The van der Waals surface area contributed by atoms with Gasteiger partial charge in [0.05, 0.1) is 32.5 Å². The van der Waals surface area contributed by atoms with Gasteiger partial charge in [0.2, 0.25) is 0 Å². The largest absolute Gasteiger partial charge is 0.489 e. The van der Waals surface area contributed by atoms with Crippen molar-refractivity contribution in [2.75, 3.05) is 5.43 Å². The Balaban J connectivity index is 2.12. The molecule has 0 aliphatic carbocycles. The summed E-state index contributed by atoms with van der Waals surface area (Å²) in [7, 11) is 0. The van der Waals surface area contributed by atoms with Crippen LogP contribution in [0.15, 0.2) is 50.4 Å². The van der Waals surface area contributed by atoms with E-state index in [1.807, 2.05) is 26.0 Å². The van der Waals surface area contributed by atoms with Crippen LogP contribution in [0.4, 0.5) is 5.69 Å². The van der Waals surface area contributed by atoms with E-state index < -0.39 is 5.97 Å². The molecule has 0 amide bonds. The van der Waals surface area contributed by atoms with Gasteiger partial charge < -0.3 is 9.84 Å². The number of benzene rings is 2. The third-order valence-electron chi connectivity index (χ3n) is 2.89. The predicted molar refractivity (Wildman–Crippen MR) is 102 cm³/mol. The molecule has 2 N–H and O–H groups in total. The second-order valence-electron chi connectivity index (χ2n) is 5.24. The fourth-order valence-corrected chi connectivity index (χ4v) is 3.31. The van der Waals surface area contributed by atoms with E-state index in [9.17, 15) is 4.79 Å². The molecule has 2 aromatic carbocycles. The summed E-state index contributed by atoms with van der Waals surface area (Å²) in [6.07, 6.45) is 1.71. The molecule has 0 radical (unpaired) electrons. The number of ether oxygens (including phenoxy) is 1. The number of carboxylic acids is 1. The summed E-state index contributed by atoms with van der Waals surface area (Å²) in [6.45, 7) is 3.92. The molecule has 2 aromatic rings. The first-order valence-electron chi connectivity index (χ1n) is 7.15. The lowest BCUT2D eigenvalue weighted by atomic mass is 10.2. The van der Waals surface area contributed by atoms with Crippen LogP contribution in [0.3, 0.4) is 0 Å². The van der Waals surface area contributed by atoms with Crippen molar-refractivity contribution < 1.29 is 14.6 Å². The summed E-state index contributed by atoms with van der Waals surface area (Å²) in [5, 5.41) is 13.1. The first kappa shape index (κ1) is 18.5. The van der Waals surface area contributed by atoms with Crippen LogP contribution >= 0.6 is 31.9 Å². The third kappa shape index (κ3) is 5.07. The lowest BCUT2D eigenvalue weighted by Gasteiger charge is -2.13. The van der Waals surface area contributed by atoms with Gasteiger partial charge in [-0.2, -0.15) is 5.10 Å². The van der Waals surface area contributed by atoms with E-state index in [1.54, 1.807) is 18.3 Å². The molecule has 2 rings (SSSR count). The van der Waals surface area contributed by atoms with Crippen molar-refractivity contribution >= 4 is 49.7 Å². The topological polar surface area (TPSA) is 70.9 Å². The minimum Gasteiger partial charge on any atom is -0.489 e. The number of hydrogen-bond donors (Lipinski definition) is 2. The van der Waals surface area contributed by atoms with E-state index in [0.29, 0.717) is 5.69 Å². The zero-order valence-electron chi connectivity index (χ0n) is 13.1. The molecule has 0 atom stereocenters. The molecule has 0 fully saturated rings. The summed E-state index contributed by atoms with van der Waals surface area (Å²) in [4.78, 5) is 10.9. The molecule has 5 nitrogen and oxygen atoms in total. The van der Waals surface area contributed by atoms with Gasteiger partial charge in [0.25, 0.3) is 0 Å². The standard InChI is InChI=1S/C17H16Br2N2O3/c1-10(2)24-16-14(18)6-11(7-15(16)19)9-20-21-13-5-3-4-12(8-13)17(22)23/h3-10,21H,1-2H3,(H,22,23)/b20-9+. The Hall–Kier alpha value is -1.86. The summed E-state index contributed by atoms with van der Waals surface area (Å²) in [5.41, 5.74) is 4.48. The molecule has 0 saturated carbocycles. The highest BCUT2D eigenvalue weighted by molar-refractivity contribution is 9.11. The average molecular weight is 456 g/mol. The van der Waals surface area contributed by atoms with E-state index in [0.717, 1.165) is 20.3 Å². The van der Waals surface area contributed by atoms with E-state index in [4.69, 9.17) is 9.84 Å². The lowest BCUT2D eigenvalue weighted by Crippen LogP contribution is -2.06. The third-order valence-corrected chi connectivity index (χ3v) is 4.07. The smallest absolute Gasteiger partial charge is 0.335 e. The fourth-order valence-electron chi connectivity index (χ4n) is 1.91. The van der Waals surface area contributed by atoms with Gasteiger partial charge >= 0.3 is 5.97 Å². The minimum atomic E-state index is -0.976. The van der Waals surface area contributed by atoms with Crippen molar-refractivity contribution in [3.05, 3.63) is 56.5 Å². The van der Waals surface area contributed by atoms with Gasteiger partial charge in [-0.3, -0.25) is 5.43 Å². The molecule has 0 spiro atoms. The van der Waals surface area contributed by atoms with Crippen LogP contribution in [-0.4, -0.2) is 23.4 Å². The van der Waals surface area contributed by atoms with Gasteiger partial charge in [0.15, 0.2) is 0 Å². The Morgan fingerprint density at radius 2 is 1.92 bits per heavy atom. The van der Waals surface area contributed by atoms with Gasteiger partial charge in [-0.05, 0) is 81.6 Å². The first-order chi connectivity index (χ1) is 11.4. The molecule has 0 bridgehead atoms. The SMILES string of the molecule is CC(C)Oc1c(Br)cc(/C=N/Nc2cccc(C(=O)O)c2)cc1Br. The van der Waals surface area contributed by atoms with Gasteiger partial charge in [-0.1, -0.05) is 6.07 Å². The van der Waals surface area contributed by atoms with E-state index >= 15 is 0 Å².